The van der Waals surface area contributed by atoms with Gasteiger partial charge >= 0.3 is 5.97 Å². The van der Waals surface area contributed by atoms with Crippen molar-refractivity contribution < 1.29 is 14.1 Å². The van der Waals surface area contributed by atoms with Gasteiger partial charge in [-0.3, -0.25) is 0 Å². The summed E-state index contributed by atoms with van der Waals surface area (Å²) in [5.74, 6) is -0.336. The van der Waals surface area contributed by atoms with E-state index in [0.717, 1.165) is 11.1 Å². The number of pyridine rings is 1. The number of nitrogens with zero attached hydrogens (tertiary/aromatic N) is 1. The van der Waals surface area contributed by atoms with E-state index in [-0.39, 0.29) is 5.97 Å². The summed E-state index contributed by atoms with van der Waals surface area (Å²) in [4.78, 5) is 11.5. The predicted molar refractivity (Wildman–Crippen MR) is 72.9 cm³/mol. The standard InChI is InChI=1S/C16H16NO2/c1-17-11-9-15(10-12-17)13-19-16(18)8-7-14-5-3-2-4-6-14/h2-12H,13H2,1H3/q+1/b8-7+. The van der Waals surface area contributed by atoms with Crippen LogP contribution in [0.2, 0.25) is 0 Å². The lowest BCUT2D eigenvalue weighted by Crippen LogP contribution is -2.26. The molecule has 19 heavy (non-hydrogen) atoms. The maximum Gasteiger partial charge on any atom is 0.331 e. The molecular weight excluding hydrogens is 238 g/mol. The second-order valence-electron chi connectivity index (χ2n) is 4.22. The van der Waals surface area contributed by atoms with Crippen LogP contribution in [0.3, 0.4) is 0 Å². The molecule has 1 aromatic heterocycles. The Kier molecular flexibility index (Phi) is 4.45. The van der Waals surface area contributed by atoms with Crippen molar-refractivity contribution in [2.45, 2.75) is 6.61 Å². The van der Waals surface area contributed by atoms with Gasteiger partial charge in [0.05, 0.1) is 0 Å². The Balaban J connectivity index is 1.85. The van der Waals surface area contributed by atoms with Crippen LogP contribution in [-0.4, -0.2) is 5.97 Å². The van der Waals surface area contributed by atoms with Crippen LogP contribution in [0, 0.1) is 0 Å². The molecule has 0 aliphatic heterocycles. The predicted octanol–water partition coefficient (Wildman–Crippen LogP) is 2.27. The molecule has 0 unspecified atom stereocenters. The fourth-order valence-corrected chi connectivity index (χ4v) is 1.56. The third-order valence-corrected chi connectivity index (χ3v) is 2.64. The zero-order valence-electron chi connectivity index (χ0n) is 10.8. The van der Waals surface area contributed by atoms with E-state index >= 15 is 0 Å². The Morgan fingerprint density at radius 1 is 1.16 bits per heavy atom. The summed E-state index contributed by atoms with van der Waals surface area (Å²) in [5, 5.41) is 0. The molecule has 0 bridgehead atoms. The van der Waals surface area contributed by atoms with E-state index in [1.807, 2.05) is 66.5 Å². The summed E-state index contributed by atoms with van der Waals surface area (Å²) in [6.45, 7) is 0.290. The number of benzene rings is 1. The largest absolute Gasteiger partial charge is 0.458 e. The highest BCUT2D eigenvalue weighted by Gasteiger charge is 2.00. The highest BCUT2D eigenvalue weighted by Crippen LogP contribution is 2.02. The summed E-state index contributed by atoms with van der Waals surface area (Å²) in [6.07, 6.45) is 7.03. The van der Waals surface area contributed by atoms with Crippen molar-refractivity contribution in [2.24, 2.45) is 7.05 Å². The van der Waals surface area contributed by atoms with Crippen molar-refractivity contribution >= 4 is 12.0 Å². The molecule has 0 saturated heterocycles. The fraction of sp³-hybridized carbons (Fsp3) is 0.125. The van der Waals surface area contributed by atoms with E-state index in [4.69, 9.17) is 4.74 Å². The second kappa shape index (κ2) is 6.50. The van der Waals surface area contributed by atoms with Gasteiger partial charge in [0.1, 0.15) is 13.7 Å². The summed E-state index contributed by atoms with van der Waals surface area (Å²) < 4.78 is 7.09. The Hall–Kier alpha value is -2.42. The van der Waals surface area contributed by atoms with E-state index in [1.165, 1.54) is 6.08 Å². The third-order valence-electron chi connectivity index (χ3n) is 2.64. The first-order chi connectivity index (χ1) is 9.24. The van der Waals surface area contributed by atoms with Crippen LogP contribution in [0.15, 0.2) is 60.9 Å². The molecule has 0 N–H and O–H groups in total. The van der Waals surface area contributed by atoms with E-state index in [0.29, 0.717) is 6.61 Å². The molecule has 1 aromatic carbocycles. The van der Waals surface area contributed by atoms with Crippen LogP contribution < -0.4 is 4.57 Å². The average Bonchev–Trinajstić information content (AvgIpc) is 2.45. The number of rotatable bonds is 4. The van der Waals surface area contributed by atoms with Crippen molar-refractivity contribution in [1.82, 2.24) is 0 Å². The van der Waals surface area contributed by atoms with Crippen molar-refractivity contribution in [3.8, 4) is 0 Å². The van der Waals surface area contributed by atoms with Crippen LogP contribution in [0.1, 0.15) is 11.1 Å². The van der Waals surface area contributed by atoms with E-state index in [1.54, 1.807) is 6.08 Å². The lowest BCUT2D eigenvalue weighted by molar-refractivity contribution is -0.671. The normalized spacial score (nSPS) is 10.6. The number of esters is 1. The van der Waals surface area contributed by atoms with Crippen LogP contribution in [0.5, 0.6) is 0 Å². The SMILES string of the molecule is C[n+]1ccc(COC(=O)/C=C/c2ccccc2)cc1. The van der Waals surface area contributed by atoms with Crippen LogP contribution in [-0.2, 0) is 23.2 Å². The molecule has 96 valence electrons. The number of hydrogen-bond acceptors (Lipinski definition) is 2. The molecule has 1 heterocycles. The molecule has 0 amide bonds. The van der Waals surface area contributed by atoms with Gasteiger partial charge in [0.15, 0.2) is 12.4 Å². The van der Waals surface area contributed by atoms with Gasteiger partial charge in [0.2, 0.25) is 0 Å². The summed E-state index contributed by atoms with van der Waals surface area (Å²) >= 11 is 0. The molecule has 0 fully saturated rings. The topological polar surface area (TPSA) is 30.2 Å². The number of hydrogen-bond donors (Lipinski definition) is 0. The van der Waals surface area contributed by atoms with Crippen LogP contribution >= 0.6 is 0 Å². The minimum atomic E-state index is -0.336. The monoisotopic (exact) mass is 254 g/mol. The third kappa shape index (κ3) is 4.39. The second-order valence-corrected chi connectivity index (χ2v) is 4.22. The van der Waals surface area contributed by atoms with Crippen molar-refractivity contribution in [3.05, 3.63) is 72.1 Å². The average molecular weight is 254 g/mol. The highest BCUT2D eigenvalue weighted by atomic mass is 16.5. The smallest absolute Gasteiger partial charge is 0.331 e. The maximum absolute atomic E-state index is 11.5. The Bertz CT molecular complexity index is 559. The van der Waals surface area contributed by atoms with Gasteiger partial charge in [-0.1, -0.05) is 30.3 Å². The molecule has 0 atom stereocenters. The first-order valence-electron chi connectivity index (χ1n) is 6.08. The minimum absolute atomic E-state index is 0.290. The van der Waals surface area contributed by atoms with Crippen molar-refractivity contribution in [2.75, 3.05) is 0 Å². The first-order valence-corrected chi connectivity index (χ1v) is 6.08. The molecule has 0 aliphatic rings. The quantitative estimate of drug-likeness (QED) is 0.476. The molecule has 0 aliphatic carbocycles. The molecule has 3 heteroatoms. The van der Waals surface area contributed by atoms with E-state index in [2.05, 4.69) is 0 Å². The van der Waals surface area contributed by atoms with Crippen molar-refractivity contribution in [1.29, 1.82) is 0 Å². The number of ether oxygens (including phenoxy) is 1. The molecular formula is C16H16NO2+. The first kappa shape index (κ1) is 13.0. The molecule has 0 saturated carbocycles. The number of carbonyl (C=O) groups is 1. The minimum Gasteiger partial charge on any atom is -0.458 e. The van der Waals surface area contributed by atoms with Gasteiger partial charge in [-0.15, -0.1) is 0 Å². The van der Waals surface area contributed by atoms with Gasteiger partial charge in [0, 0.05) is 23.8 Å². The summed E-state index contributed by atoms with van der Waals surface area (Å²) in [5.41, 5.74) is 1.95. The molecule has 0 radical (unpaired) electrons. The molecule has 2 aromatic rings. The molecule has 2 rings (SSSR count). The molecule has 3 nitrogen and oxygen atoms in total. The Labute approximate surface area is 112 Å². The van der Waals surface area contributed by atoms with Gasteiger partial charge in [-0.05, 0) is 11.6 Å². The number of carbonyl (C=O) groups excluding carboxylic acids is 1. The highest BCUT2D eigenvalue weighted by molar-refractivity contribution is 5.86. The van der Waals surface area contributed by atoms with E-state index < -0.39 is 0 Å². The zero-order chi connectivity index (χ0) is 13.5. The zero-order valence-corrected chi connectivity index (χ0v) is 10.8. The Morgan fingerprint density at radius 3 is 2.53 bits per heavy atom. The van der Waals surface area contributed by atoms with Gasteiger partial charge < -0.3 is 4.74 Å². The summed E-state index contributed by atoms with van der Waals surface area (Å²) in [6, 6.07) is 13.5. The Morgan fingerprint density at radius 2 is 1.84 bits per heavy atom. The molecule has 0 spiro atoms. The lowest BCUT2D eigenvalue weighted by atomic mass is 10.2. The summed E-state index contributed by atoms with van der Waals surface area (Å²) in [7, 11) is 1.94. The van der Waals surface area contributed by atoms with Gasteiger partial charge in [0.25, 0.3) is 0 Å². The number of aryl methyl sites for hydroxylation is 1. The lowest BCUT2D eigenvalue weighted by Gasteiger charge is -2.00. The number of aromatic nitrogens is 1. The van der Waals surface area contributed by atoms with Crippen molar-refractivity contribution in [3.63, 3.8) is 0 Å². The van der Waals surface area contributed by atoms with Gasteiger partial charge in [-0.2, -0.15) is 0 Å². The maximum atomic E-state index is 11.5. The van der Waals surface area contributed by atoms with E-state index in [9.17, 15) is 4.79 Å². The van der Waals surface area contributed by atoms with Crippen LogP contribution in [0.25, 0.3) is 6.08 Å². The van der Waals surface area contributed by atoms with Gasteiger partial charge in [-0.25, -0.2) is 9.36 Å². The van der Waals surface area contributed by atoms with Crippen LogP contribution in [0.4, 0.5) is 0 Å². The fourth-order valence-electron chi connectivity index (χ4n) is 1.56.